The third kappa shape index (κ3) is 2.05. The van der Waals surface area contributed by atoms with Crippen LogP contribution in [0.5, 0.6) is 0 Å². The average molecular weight is 321 g/mol. The Morgan fingerprint density at radius 2 is 1.44 bits per heavy atom. The van der Waals surface area contributed by atoms with Crippen LogP contribution >= 0.6 is 0 Å². The molecular weight excluding hydrogens is 302 g/mol. The van der Waals surface area contributed by atoms with Crippen LogP contribution in [0.1, 0.15) is 25.0 Å². The monoisotopic (exact) mass is 321 g/mol. The molecule has 5 rings (SSSR count). The van der Waals surface area contributed by atoms with E-state index in [4.69, 9.17) is 4.98 Å². The maximum absolute atomic E-state index is 4.95. The number of benzene rings is 3. The Bertz CT molecular complexity index is 1110. The van der Waals surface area contributed by atoms with E-state index in [1.165, 1.54) is 27.6 Å². The molecule has 1 heterocycles. The van der Waals surface area contributed by atoms with E-state index in [2.05, 4.69) is 86.6 Å². The van der Waals surface area contributed by atoms with Crippen molar-refractivity contribution in [3.8, 4) is 22.4 Å². The number of hydrogen-bond acceptors (Lipinski definition) is 1. The van der Waals surface area contributed by atoms with Crippen molar-refractivity contribution in [2.24, 2.45) is 0 Å². The lowest BCUT2D eigenvalue weighted by atomic mass is 9.82. The number of aromatic nitrogens is 1. The smallest absolute Gasteiger partial charge is 0.0713 e. The van der Waals surface area contributed by atoms with E-state index in [-0.39, 0.29) is 5.41 Å². The van der Waals surface area contributed by atoms with Crippen LogP contribution in [0.4, 0.5) is 0 Å². The summed E-state index contributed by atoms with van der Waals surface area (Å²) in [5, 5.41) is 1.20. The van der Waals surface area contributed by atoms with Gasteiger partial charge in [0.2, 0.25) is 0 Å². The van der Waals surface area contributed by atoms with Crippen LogP contribution < -0.4 is 0 Å². The lowest BCUT2D eigenvalue weighted by Crippen LogP contribution is -2.14. The summed E-state index contributed by atoms with van der Waals surface area (Å²) in [4.78, 5) is 4.95. The Balaban J connectivity index is 1.76. The Morgan fingerprint density at radius 1 is 0.680 bits per heavy atom. The van der Waals surface area contributed by atoms with Gasteiger partial charge in [-0.3, -0.25) is 0 Å². The van der Waals surface area contributed by atoms with Crippen LogP contribution in [-0.4, -0.2) is 4.98 Å². The van der Waals surface area contributed by atoms with Crippen molar-refractivity contribution in [3.05, 3.63) is 90.0 Å². The first-order valence-electron chi connectivity index (χ1n) is 8.75. The van der Waals surface area contributed by atoms with Crippen molar-refractivity contribution in [1.82, 2.24) is 4.98 Å². The molecule has 0 bridgehead atoms. The first-order chi connectivity index (χ1) is 12.1. The largest absolute Gasteiger partial charge is 0.248 e. The van der Waals surface area contributed by atoms with Gasteiger partial charge in [-0.05, 0) is 40.5 Å². The summed E-state index contributed by atoms with van der Waals surface area (Å²) in [5.41, 5.74) is 8.76. The van der Waals surface area contributed by atoms with Crippen LogP contribution in [0.15, 0.2) is 78.9 Å². The van der Waals surface area contributed by atoms with Gasteiger partial charge < -0.3 is 0 Å². The molecular formula is C24H19N. The number of hydrogen-bond donors (Lipinski definition) is 0. The second kappa shape index (κ2) is 5.03. The highest BCUT2D eigenvalue weighted by Gasteiger charge is 2.35. The van der Waals surface area contributed by atoms with Crippen molar-refractivity contribution in [2.75, 3.05) is 0 Å². The van der Waals surface area contributed by atoms with E-state index in [0.717, 1.165) is 16.8 Å². The van der Waals surface area contributed by atoms with Crippen molar-refractivity contribution in [3.63, 3.8) is 0 Å². The zero-order chi connectivity index (χ0) is 17.0. The molecule has 1 aliphatic rings. The van der Waals surface area contributed by atoms with E-state index in [9.17, 15) is 0 Å². The van der Waals surface area contributed by atoms with Crippen LogP contribution in [0.2, 0.25) is 0 Å². The summed E-state index contributed by atoms with van der Waals surface area (Å²) < 4.78 is 0. The topological polar surface area (TPSA) is 12.9 Å². The summed E-state index contributed by atoms with van der Waals surface area (Å²) in [5.74, 6) is 0. The number of pyridine rings is 1. The second-order valence-corrected chi connectivity index (χ2v) is 7.32. The predicted octanol–water partition coefficient (Wildman–Crippen LogP) is 6.21. The summed E-state index contributed by atoms with van der Waals surface area (Å²) >= 11 is 0. The van der Waals surface area contributed by atoms with Gasteiger partial charge in [-0.1, -0.05) is 74.5 Å². The molecule has 1 aliphatic carbocycles. The molecule has 25 heavy (non-hydrogen) atoms. The van der Waals surface area contributed by atoms with E-state index in [1.807, 2.05) is 6.07 Å². The SMILES string of the molecule is CC1(C)c2ccccc2-c2cc3ccc(-c4ccccc4)nc3cc21. The van der Waals surface area contributed by atoms with Crippen LogP contribution in [-0.2, 0) is 5.41 Å². The molecule has 0 atom stereocenters. The number of fused-ring (bicyclic) bond motifs is 4. The first kappa shape index (κ1) is 14.4. The predicted molar refractivity (Wildman–Crippen MR) is 105 cm³/mol. The minimum absolute atomic E-state index is 0.0184. The third-order valence-corrected chi connectivity index (χ3v) is 5.46. The fourth-order valence-corrected chi connectivity index (χ4v) is 4.09. The zero-order valence-electron chi connectivity index (χ0n) is 14.5. The highest BCUT2D eigenvalue weighted by molar-refractivity contribution is 5.92. The summed E-state index contributed by atoms with van der Waals surface area (Å²) in [6.45, 7) is 4.62. The molecule has 4 aromatic rings. The normalized spacial score (nSPS) is 14.3. The highest BCUT2D eigenvalue weighted by atomic mass is 14.7. The summed E-state index contributed by atoms with van der Waals surface area (Å²) in [7, 11) is 0. The van der Waals surface area contributed by atoms with Gasteiger partial charge in [-0.2, -0.15) is 0 Å². The molecule has 0 spiro atoms. The maximum atomic E-state index is 4.95. The van der Waals surface area contributed by atoms with Crippen LogP contribution in [0, 0.1) is 0 Å². The lowest BCUT2D eigenvalue weighted by molar-refractivity contribution is 0.661. The minimum Gasteiger partial charge on any atom is -0.248 e. The van der Waals surface area contributed by atoms with Gasteiger partial charge in [0.25, 0.3) is 0 Å². The standard InChI is InChI=1S/C24H19N/c1-24(2)20-11-7-6-10-18(20)19-14-17-12-13-22(16-8-4-3-5-9-16)25-23(17)15-21(19)24/h3-15H,1-2H3. The molecule has 120 valence electrons. The zero-order valence-corrected chi connectivity index (χ0v) is 14.5. The third-order valence-electron chi connectivity index (χ3n) is 5.46. The van der Waals surface area contributed by atoms with Gasteiger partial charge in [0.1, 0.15) is 0 Å². The summed E-state index contributed by atoms with van der Waals surface area (Å²) in [6, 6.07) is 28.0. The molecule has 0 unspecified atom stereocenters. The molecule has 0 aliphatic heterocycles. The molecule has 0 radical (unpaired) electrons. The van der Waals surface area contributed by atoms with Crippen molar-refractivity contribution in [1.29, 1.82) is 0 Å². The number of rotatable bonds is 1. The quantitative estimate of drug-likeness (QED) is 0.406. The van der Waals surface area contributed by atoms with E-state index in [0.29, 0.717) is 0 Å². The molecule has 1 nitrogen and oxygen atoms in total. The molecule has 1 heteroatoms. The van der Waals surface area contributed by atoms with Gasteiger partial charge >= 0.3 is 0 Å². The molecule has 0 saturated carbocycles. The van der Waals surface area contributed by atoms with Gasteiger partial charge in [0, 0.05) is 16.4 Å². The summed E-state index contributed by atoms with van der Waals surface area (Å²) in [6.07, 6.45) is 0. The van der Waals surface area contributed by atoms with Crippen molar-refractivity contribution < 1.29 is 0 Å². The van der Waals surface area contributed by atoms with E-state index < -0.39 is 0 Å². The van der Waals surface area contributed by atoms with Crippen molar-refractivity contribution in [2.45, 2.75) is 19.3 Å². The fourth-order valence-electron chi connectivity index (χ4n) is 4.09. The number of nitrogens with zero attached hydrogens (tertiary/aromatic N) is 1. The van der Waals surface area contributed by atoms with E-state index >= 15 is 0 Å². The Morgan fingerprint density at radius 3 is 2.28 bits per heavy atom. The van der Waals surface area contributed by atoms with Gasteiger partial charge in [-0.25, -0.2) is 4.98 Å². The Labute approximate surface area is 148 Å². The molecule has 3 aromatic carbocycles. The van der Waals surface area contributed by atoms with Gasteiger partial charge in [0.15, 0.2) is 0 Å². The maximum Gasteiger partial charge on any atom is 0.0713 e. The highest BCUT2D eigenvalue weighted by Crippen LogP contribution is 2.49. The molecule has 0 fully saturated rings. The minimum atomic E-state index is 0.0184. The first-order valence-corrected chi connectivity index (χ1v) is 8.75. The van der Waals surface area contributed by atoms with E-state index in [1.54, 1.807) is 0 Å². The second-order valence-electron chi connectivity index (χ2n) is 7.32. The molecule has 0 amide bonds. The van der Waals surface area contributed by atoms with Crippen molar-refractivity contribution >= 4 is 10.9 Å². The van der Waals surface area contributed by atoms with Crippen LogP contribution in [0.25, 0.3) is 33.3 Å². The Kier molecular flexibility index (Phi) is 2.90. The fraction of sp³-hybridized carbons (Fsp3) is 0.125. The Hall–Kier alpha value is -2.93. The van der Waals surface area contributed by atoms with Crippen LogP contribution in [0.3, 0.4) is 0 Å². The van der Waals surface area contributed by atoms with Gasteiger partial charge in [-0.15, -0.1) is 0 Å². The van der Waals surface area contributed by atoms with Gasteiger partial charge in [0.05, 0.1) is 11.2 Å². The molecule has 1 aromatic heterocycles. The molecule has 0 N–H and O–H groups in total. The average Bonchev–Trinajstić information content (AvgIpc) is 2.88. The molecule has 0 saturated heterocycles. The lowest BCUT2D eigenvalue weighted by Gasteiger charge is -2.21.